The molecule has 0 radical (unpaired) electrons. The lowest BCUT2D eigenvalue weighted by Crippen LogP contribution is -1.83. The van der Waals surface area contributed by atoms with Gasteiger partial charge in [0.05, 0.1) is 3.79 Å². The molecule has 0 bridgehead atoms. The SMILES string of the molecule is O=COc1csc(Br)c1. The summed E-state index contributed by atoms with van der Waals surface area (Å²) in [6.45, 7) is 0.411. The van der Waals surface area contributed by atoms with E-state index in [-0.39, 0.29) is 0 Å². The Morgan fingerprint density at radius 3 is 3.00 bits per heavy atom. The summed E-state index contributed by atoms with van der Waals surface area (Å²) >= 11 is 4.70. The zero-order chi connectivity index (χ0) is 6.69. The smallest absolute Gasteiger partial charge is 0.298 e. The van der Waals surface area contributed by atoms with Crippen LogP contribution >= 0.6 is 27.3 Å². The summed E-state index contributed by atoms with van der Waals surface area (Å²) < 4.78 is 5.48. The molecule has 4 heteroatoms. The monoisotopic (exact) mass is 206 g/mol. The van der Waals surface area contributed by atoms with Crippen molar-refractivity contribution in [1.82, 2.24) is 0 Å². The molecule has 1 aromatic heterocycles. The molecule has 0 aromatic carbocycles. The number of ether oxygens (including phenoxy) is 1. The Balaban J connectivity index is 2.72. The average Bonchev–Trinajstić information content (AvgIpc) is 2.17. The lowest BCUT2D eigenvalue weighted by molar-refractivity contribution is -0.120. The van der Waals surface area contributed by atoms with Crippen molar-refractivity contribution in [3.8, 4) is 5.75 Å². The van der Waals surface area contributed by atoms with E-state index in [1.165, 1.54) is 11.3 Å². The summed E-state index contributed by atoms with van der Waals surface area (Å²) in [5.41, 5.74) is 0. The third-order valence-electron chi connectivity index (χ3n) is 0.728. The number of carbonyl (C=O) groups excluding carboxylic acids is 1. The van der Waals surface area contributed by atoms with Crippen LogP contribution in [0.1, 0.15) is 0 Å². The zero-order valence-electron chi connectivity index (χ0n) is 4.33. The maximum absolute atomic E-state index is 9.75. The van der Waals surface area contributed by atoms with E-state index in [1.54, 1.807) is 11.4 Å². The highest BCUT2D eigenvalue weighted by molar-refractivity contribution is 9.11. The van der Waals surface area contributed by atoms with Crippen molar-refractivity contribution in [3.63, 3.8) is 0 Å². The number of hydrogen-bond donors (Lipinski definition) is 0. The summed E-state index contributed by atoms with van der Waals surface area (Å²) in [6, 6.07) is 1.74. The minimum absolute atomic E-state index is 0.411. The van der Waals surface area contributed by atoms with Crippen LogP contribution in [-0.2, 0) is 4.79 Å². The summed E-state index contributed by atoms with van der Waals surface area (Å²) in [7, 11) is 0. The molecule has 2 nitrogen and oxygen atoms in total. The number of hydrogen-bond acceptors (Lipinski definition) is 3. The molecule has 0 saturated carbocycles. The van der Waals surface area contributed by atoms with E-state index < -0.39 is 0 Å². The van der Waals surface area contributed by atoms with Crippen molar-refractivity contribution >= 4 is 33.7 Å². The van der Waals surface area contributed by atoms with Gasteiger partial charge in [0, 0.05) is 11.4 Å². The molecule has 1 rings (SSSR count). The van der Waals surface area contributed by atoms with Crippen molar-refractivity contribution in [2.45, 2.75) is 0 Å². The Kier molecular flexibility index (Phi) is 2.24. The third-order valence-corrected chi connectivity index (χ3v) is 2.21. The summed E-state index contributed by atoms with van der Waals surface area (Å²) in [6.07, 6.45) is 0. The van der Waals surface area contributed by atoms with E-state index >= 15 is 0 Å². The summed E-state index contributed by atoms with van der Waals surface area (Å²) in [5.74, 6) is 0.585. The molecule has 0 saturated heterocycles. The molecule has 0 aliphatic carbocycles. The van der Waals surface area contributed by atoms with Gasteiger partial charge in [-0.15, -0.1) is 11.3 Å². The zero-order valence-corrected chi connectivity index (χ0v) is 6.74. The lowest BCUT2D eigenvalue weighted by atomic mass is 10.6. The highest BCUT2D eigenvalue weighted by atomic mass is 79.9. The van der Waals surface area contributed by atoms with Gasteiger partial charge in [-0.1, -0.05) is 0 Å². The van der Waals surface area contributed by atoms with Gasteiger partial charge in [-0.2, -0.15) is 0 Å². The molecule has 0 amide bonds. The van der Waals surface area contributed by atoms with E-state index in [0.717, 1.165) is 3.79 Å². The first-order valence-electron chi connectivity index (χ1n) is 2.17. The molecule has 9 heavy (non-hydrogen) atoms. The van der Waals surface area contributed by atoms with Gasteiger partial charge < -0.3 is 4.74 Å². The lowest BCUT2D eigenvalue weighted by Gasteiger charge is -1.85. The van der Waals surface area contributed by atoms with Crippen molar-refractivity contribution in [2.75, 3.05) is 0 Å². The molecule has 0 atom stereocenters. The van der Waals surface area contributed by atoms with E-state index in [0.29, 0.717) is 12.2 Å². The molecule has 0 aliphatic rings. The van der Waals surface area contributed by atoms with Crippen LogP contribution in [0.25, 0.3) is 0 Å². The van der Waals surface area contributed by atoms with Crippen LogP contribution in [0, 0.1) is 0 Å². The molecule has 1 aromatic rings. The second-order valence-corrected chi connectivity index (χ2v) is 3.59. The largest absolute Gasteiger partial charge is 0.428 e. The Morgan fingerprint density at radius 2 is 2.56 bits per heavy atom. The Labute approximate surface area is 64.6 Å². The van der Waals surface area contributed by atoms with E-state index in [9.17, 15) is 4.79 Å². The fraction of sp³-hybridized carbons (Fsp3) is 0. The van der Waals surface area contributed by atoms with Gasteiger partial charge in [-0.3, -0.25) is 4.79 Å². The van der Waals surface area contributed by atoms with Crippen LogP contribution in [0.3, 0.4) is 0 Å². The van der Waals surface area contributed by atoms with Crippen molar-refractivity contribution < 1.29 is 9.53 Å². The predicted octanol–water partition coefficient (Wildman–Crippen LogP) is 2.05. The van der Waals surface area contributed by atoms with E-state index in [1.807, 2.05) is 0 Å². The Bertz CT molecular complexity index is 208. The number of rotatable bonds is 2. The number of halogens is 1. The van der Waals surface area contributed by atoms with Gasteiger partial charge in [0.2, 0.25) is 0 Å². The second kappa shape index (κ2) is 2.98. The highest BCUT2D eigenvalue weighted by Gasteiger charge is 1.94. The molecule has 0 aliphatic heterocycles. The standard InChI is InChI=1S/C5H3BrO2S/c6-5-1-4(2-9-5)8-3-7/h1-3H. The predicted molar refractivity (Wildman–Crippen MR) is 38.7 cm³/mol. The van der Waals surface area contributed by atoms with Gasteiger partial charge in [-0.05, 0) is 15.9 Å². The van der Waals surface area contributed by atoms with Gasteiger partial charge in [0.25, 0.3) is 6.47 Å². The fourth-order valence-corrected chi connectivity index (χ4v) is 1.45. The van der Waals surface area contributed by atoms with Crippen molar-refractivity contribution in [1.29, 1.82) is 0 Å². The van der Waals surface area contributed by atoms with Crippen molar-refractivity contribution in [2.24, 2.45) is 0 Å². The van der Waals surface area contributed by atoms with Crippen LogP contribution in [0.15, 0.2) is 15.2 Å². The third kappa shape index (κ3) is 1.80. The fourth-order valence-electron chi connectivity index (χ4n) is 0.412. The number of thiophene rings is 1. The summed E-state index contributed by atoms with van der Waals surface area (Å²) in [5, 5.41) is 1.75. The Morgan fingerprint density at radius 1 is 1.78 bits per heavy atom. The maximum Gasteiger partial charge on any atom is 0.298 e. The van der Waals surface area contributed by atoms with Gasteiger partial charge in [0.15, 0.2) is 0 Å². The van der Waals surface area contributed by atoms with Crippen LogP contribution in [0.4, 0.5) is 0 Å². The minimum atomic E-state index is 0.411. The topological polar surface area (TPSA) is 26.3 Å². The minimum Gasteiger partial charge on any atom is -0.428 e. The normalized spacial score (nSPS) is 9.00. The maximum atomic E-state index is 9.75. The van der Waals surface area contributed by atoms with Crippen LogP contribution in [-0.4, -0.2) is 6.47 Å². The summed E-state index contributed by atoms with van der Waals surface area (Å²) in [4.78, 5) is 9.75. The molecular weight excluding hydrogens is 204 g/mol. The molecule has 0 N–H and O–H groups in total. The van der Waals surface area contributed by atoms with E-state index in [2.05, 4.69) is 20.7 Å². The second-order valence-electron chi connectivity index (χ2n) is 1.30. The molecular formula is C5H3BrO2S. The van der Waals surface area contributed by atoms with Crippen LogP contribution in [0.2, 0.25) is 0 Å². The molecule has 0 unspecified atom stereocenters. The van der Waals surface area contributed by atoms with E-state index in [4.69, 9.17) is 0 Å². The highest BCUT2D eigenvalue weighted by Crippen LogP contribution is 2.25. The number of carbonyl (C=O) groups is 1. The molecule has 48 valence electrons. The van der Waals surface area contributed by atoms with Crippen LogP contribution < -0.4 is 4.74 Å². The average molecular weight is 207 g/mol. The van der Waals surface area contributed by atoms with Crippen LogP contribution in [0.5, 0.6) is 5.75 Å². The first kappa shape index (κ1) is 6.77. The quantitative estimate of drug-likeness (QED) is 0.693. The Hall–Kier alpha value is -0.350. The molecule has 1 heterocycles. The van der Waals surface area contributed by atoms with Gasteiger partial charge >= 0.3 is 0 Å². The molecule has 0 spiro atoms. The molecule has 0 fully saturated rings. The first-order valence-corrected chi connectivity index (χ1v) is 3.84. The van der Waals surface area contributed by atoms with Gasteiger partial charge in [-0.25, -0.2) is 0 Å². The van der Waals surface area contributed by atoms with Gasteiger partial charge in [0.1, 0.15) is 5.75 Å². The first-order chi connectivity index (χ1) is 4.33. The van der Waals surface area contributed by atoms with Crippen molar-refractivity contribution in [3.05, 3.63) is 15.2 Å².